The first-order chi connectivity index (χ1) is 8.13. The minimum atomic E-state index is -0.654. The molecule has 0 aliphatic carbocycles. The van der Waals surface area contributed by atoms with E-state index in [1.165, 1.54) is 11.3 Å². The van der Waals surface area contributed by atoms with E-state index >= 15 is 0 Å². The molecule has 1 heterocycles. The third-order valence-corrected chi connectivity index (χ3v) is 3.66. The molecule has 1 aromatic carbocycles. The second kappa shape index (κ2) is 5.07. The van der Waals surface area contributed by atoms with E-state index in [1.54, 1.807) is 0 Å². The molecule has 1 aromatic rings. The van der Waals surface area contributed by atoms with Crippen molar-refractivity contribution in [2.75, 3.05) is 24.5 Å². The van der Waals surface area contributed by atoms with Crippen LogP contribution in [0.4, 0.5) is 5.69 Å². The maximum atomic E-state index is 10.2. The van der Waals surface area contributed by atoms with Crippen molar-refractivity contribution in [2.24, 2.45) is 5.73 Å². The van der Waals surface area contributed by atoms with Crippen molar-refractivity contribution in [3.05, 3.63) is 29.8 Å². The maximum absolute atomic E-state index is 10.2. The van der Waals surface area contributed by atoms with Gasteiger partial charge in [-0.25, -0.2) is 0 Å². The highest BCUT2D eigenvalue weighted by Crippen LogP contribution is 2.25. The van der Waals surface area contributed by atoms with Crippen LogP contribution in [0, 0.1) is 6.92 Å². The molecule has 94 valence electrons. The Bertz CT molecular complexity index is 380. The minimum Gasteiger partial charge on any atom is -0.389 e. The van der Waals surface area contributed by atoms with Crippen molar-refractivity contribution in [3.63, 3.8) is 0 Å². The summed E-state index contributed by atoms with van der Waals surface area (Å²) < 4.78 is 0. The molecule has 0 saturated carbocycles. The summed E-state index contributed by atoms with van der Waals surface area (Å²) in [5.74, 6) is 0. The quantitative estimate of drug-likeness (QED) is 0.818. The van der Waals surface area contributed by atoms with E-state index in [4.69, 9.17) is 5.73 Å². The van der Waals surface area contributed by atoms with Gasteiger partial charge in [-0.2, -0.15) is 0 Å². The van der Waals surface area contributed by atoms with Gasteiger partial charge >= 0.3 is 0 Å². The Morgan fingerprint density at radius 3 is 2.88 bits per heavy atom. The number of rotatable bonds is 2. The standard InChI is InChI=1S/C14H22N2O/c1-12-4-2-5-13(10-12)16-8-3-6-14(17,11-15)7-9-16/h2,4-5,10,17H,3,6-9,11,15H2,1H3. The summed E-state index contributed by atoms with van der Waals surface area (Å²) in [6, 6.07) is 8.54. The van der Waals surface area contributed by atoms with E-state index in [1.807, 2.05) is 0 Å². The van der Waals surface area contributed by atoms with Crippen LogP contribution < -0.4 is 10.6 Å². The molecule has 2 rings (SSSR count). The third-order valence-electron chi connectivity index (χ3n) is 3.66. The van der Waals surface area contributed by atoms with Crippen molar-refractivity contribution in [3.8, 4) is 0 Å². The van der Waals surface area contributed by atoms with Gasteiger partial charge in [0, 0.05) is 25.3 Å². The second-order valence-electron chi connectivity index (χ2n) is 5.11. The van der Waals surface area contributed by atoms with E-state index in [9.17, 15) is 5.11 Å². The van der Waals surface area contributed by atoms with E-state index in [2.05, 4.69) is 36.1 Å². The normalized spacial score (nSPS) is 25.7. The molecule has 17 heavy (non-hydrogen) atoms. The Kier molecular flexibility index (Phi) is 3.69. The summed E-state index contributed by atoms with van der Waals surface area (Å²) in [5.41, 5.74) is 7.53. The zero-order valence-electron chi connectivity index (χ0n) is 10.5. The lowest BCUT2D eigenvalue weighted by Gasteiger charge is -2.26. The zero-order chi connectivity index (χ0) is 12.3. The first-order valence-corrected chi connectivity index (χ1v) is 6.37. The van der Waals surface area contributed by atoms with Crippen LogP contribution in [0.25, 0.3) is 0 Å². The molecule has 3 nitrogen and oxygen atoms in total. The van der Waals surface area contributed by atoms with Gasteiger partial charge in [0.1, 0.15) is 0 Å². The summed E-state index contributed by atoms with van der Waals surface area (Å²) in [4.78, 5) is 2.35. The van der Waals surface area contributed by atoms with Crippen molar-refractivity contribution < 1.29 is 5.11 Å². The predicted octanol–water partition coefficient (Wildman–Crippen LogP) is 1.68. The van der Waals surface area contributed by atoms with E-state index < -0.39 is 5.60 Å². The fourth-order valence-electron chi connectivity index (χ4n) is 2.47. The molecular formula is C14H22N2O. The number of benzene rings is 1. The lowest BCUT2D eigenvalue weighted by molar-refractivity contribution is 0.0375. The molecule has 1 fully saturated rings. The van der Waals surface area contributed by atoms with Crippen LogP contribution in [0.15, 0.2) is 24.3 Å². The Balaban J connectivity index is 2.09. The molecule has 1 aliphatic rings. The van der Waals surface area contributed by atoms with E-state index in [0.717, 1.165) is 32.4 Å². The van der Waals surface area contributed by atoms with Crippen LogP contribution in [0.3, 0.4) is 0 Å². The fraction of sp³-hybridized carbons (Fsp3) is 0.571. The van der Waals surface area contributed by atoms with Crippen molar-refractivity contribution in [1.82, 2.24) is 0 Å². The van der Waals surface area contributed by atoms with Crippen LogP contribution in [-0.2, 0) is 0 Å². The lowest BCUT2D eigenvalue weighted by Crippen LogP contribution is -2.38. The molecule has 0 amide bonds. The molecule has 1 saturated heterocycles. The summed E-state index contributed by atoms with van der Waals surface area (Å²) in [7, 11) is 0. The van der Waals surface area contributed by atoms with Gasteiger partial charge in [0.05, 0.1) is 5.60 Å². The van der Waals surface area contributed by atoms with Crippen LogP contribution in [0.2, 0.25) is 0 Å². The zero-order valence-corrected chi connectivity index (χ0v) is 10.5. The van der Waals surface area contributed by atoms with Crippen LogP contribution >= 0.6 is 0 Å². The van der Waals surface area contributed by atoms with Gasteiger partial charge in [-0.05, 0) is 43.9 Å². The maximum Gasteiger partial charge on any atom is 0.0786 e. The highest BCUT2D eigenvalue weighted by molar-refractivity contribution is 5.48. The van der Waals surface area contributed by atoms with Gasteiger partial charge in [0.2, 0.25) is 0 Å². The van der Waals surface area contributed by atoms with Gasteiger partial charge in [-0.15, -0.1) is 0 Å². The number of anilines is 1. The van der Waals surface area contributed by atoms with Crippen molar-refractivity contribution in [1.29, 1.82) is 0 Å². The molecule has 0 bridgehead atoms. The first kappa shape index (κ1) is 12.4. The van der Waals surface area contributed by atoms with Crippen LogP contribution in [0.1, 0.15) is 24.8 Å². The highest BCUT2D eigenvalue weighted by atomic mass is 16.3. The summed E-state index contributed by atoms with van der Waals surface area (Å²) in [5, 5.41) is 10.2. The number of aliphatic hydroxyl groups is 1. The van der Waals surface area contributed by atoms with Crippen molar-refractivity contribution in [2.45, 2.75) is 31.8 Å². The van der Waals surface area contributed by atoms with Gasteiger partial charge in [-0.3, -0.25) is 0 Å². The molecule has 3 N–H and O–H groups in total. The SMILES string of the molecule is Cc1cccc(N2CCCC(O)(CN)CC2)c1. The Morgan fingerprint density at radius 2 is 2.18 bits per heavy atom. The van der Waals surface area contributed by atoms with Gasteiger partial charge in [0.15, 0.2) is 0 Å². The van der Waals surface area contributed by atoms with Crippen molar-refractivity contribution >= 4 is 5.69 Å². The highest BCUT2D eigenvalue weighted by Gasteiger charge is 2.28. The number of aryl methyl sites for hydroxylation is 1. The number of nitrogens with zero attached hydrogens (tertiary/aromatic N) is 1. The van der Waals surface area contributed by atoms with Gasteiger partial charge in [-0.1, -0.05) is 12.1 Å². The second-order valence-corrected chi connectivity index (χ2v) is 5.11. The summed E-state index contributed by atoms with van der Waals surface area (Å²) >= 11 is 0. The molecule has 0 aromatic heterocycles. The van der Waals surface area contributed by atoms with Gasteiger partial charge < -0.3 is 15.7 Å². The number of hydrogen-bond acceptors (Lipinski definition) is 3. The molecule has 1 unspecified atom stereocenters. The Hall–Kier alpha value is -1.06. The number of hydrogen-bond donors (Lipinski definition) is 2. The monoisotopic (exact) mass is 234 g/mol. The average molecular weight is 234 g/mol. The number of nitrogens with two attached hydrogens (primary N) is 1. The molecular weight excluding hydrogens is 212 g/mol. The average Bonchev–Trinajstić information content (AvgIpc) is 2.52. The molecule has 1 atom stereocenters. The summed E-state index contributed by atoms with van der Waals surface area (Å²) in [6.45, 7) is 4.37. The largest absolute Gasteiger partial charge is 0.389 e. The molecule has 0 radical (unpaired) electrons. The lowest BCUT2D eigenvalue weighted by atomic mass is 9.95. The van der Waals surface area contributed by atoms with Crippen LogP contribution in [-0.4, -0.2) is 30.3 Å². The molecule has 1 aliphatic heterocycles. The first-order valence-electron chi connectivity index (χ1n) is 6.37. The minimum absolute atomic E-state index is 0.370. The van der Waals surface area contributed by atoms with E-state index in [-0.39, 0.29) is 0 Å². The Morgan fingerprint density at radius 1 is 1.35 bits per heavy atom. The summed E-state index contributed by atoms with van der Waals surface area (Å²) in [6.07, 6.45) is 2.57. The third kappa shape index (κ3) is 2.99. The fourth-order valence-corrected chi connectivity index (χ4v) is 2.47. The van der Waals surface area contributed by atoms with Gasteiger partial charge in [0.25, 0.3) is 0 Å². The Labute approximate surface area is 103 Å². The van der Waals surface area contributed by atoms with E-state index in [0.29, 0.717) is 6.54 Å². The predicted molar refractivity (Wildman–Crippen MR) is 71.2 cm³/mol. The topological polar surface area (TPSA) is 49.5 Å². The molecule has 0 spiro atoms. The smallest absolute Gasteiger partial charge is 0.0786 e. The van der Waals surface area contributed by atoms with Crippen LogP contribution in [0.5, 0.6) is 0 Å². The molecule has 3 heteroatoms.